The summed E-state index contributed by atoms with van der Waals surface area (Å²) < 4.78 is 44.3. The van der Waals surface area contributed by atoms with Crippen molar-refractivity contribution in [1.82, 2.24) is 4.98 Å². The topological polar surface area (TPSA) is 52.0 Å². The van der Waals surface area contributed by atoms with Gasteiger partial charge in [-0.25, -0.2) is 18.2 Å². The van der Waals surface area contributed by atoms with E-state index in [0.717, 1.165) is 12.1 Å². The normalized spacial score (nSPS) is 12.8. The smallest absolute Gasteiger partial charge is 0.211 e. The first-order valence-corrected chi connectivity index (χ1v) is 4.86. The molecule has 6 heteroatoms. The van der Waals surface area contributed by atoms with Crippen LogP contribution in [0.25, 0.3) is 11.3 Å². The van der Waals surface area contributed by atoms with Gasteiger partial charge in [-0.05, 0) is 19.1 Å². The lowest BCUT2D eigenvalue weighted by Gasteiger charge is -2.01. The second kappa shape index (κ2) is 4.21. The van der Waals surface area contributed by atoms with Crippen LogP contribution in [0.15, 0.2) is 22.7 Å². The average molecular weight is 242 g/mol. The second-order valence-corrected chi connectivity index (χ2v) is 3.57. The molecule has 0 amide bonds. The van der Waals surface area contributed by atoms with Crippen LogP contribution in [-0.2, 0) is 0 Å². The standard InChI is InChI=1S/C11H9F3N2O/c1-5(15)11-16-4-8(17-11)6-2-3-7(12)10(14)9(6)13/h2-5H,15H2,1H3. The number of nitrogens with zero attached hydrogens (tertiary/aromatic N) is 1. The lowest BCUT2D eigenvalue weighted by molar-refractivity contribution is 0.441. The third-order valence-electron chi connectivity index (χ3n) is 2.21. The van der Waals surface area contributed by atoms with E-state index in [1.54, 1.807) is 6.92 Å². The maximum absolute atomic E-state index is 13.4. The molecule has 0 spiro atoms. The summed E-state index contributed by atoms with van der Waals surface area (Å²) >= 11 is 0. The highest BCUT2D eigenvalue weighted by Crippen LogP contribution is 2.27. The van der Waals surface area contributed by atoms with Crippen molar-refractivity contribution in [3.63, 3.8) is 0 Å². The molecule has 0 radical (unpaired) electrons. The number of nitrogens with two attached hydrogens (primary N) is 1. The van der Waals surface area contributed by atoms with E-state index in [1.165, 1.54) is 6.20 Å². The molecule has 0 saturated heterocycles. The summed E-state index contributed by atoms with van der Waals surface area (Å²) in [6.07, 6.45) is 1.22. The molecular formula is C11H9F3N2O. The van der Waals surface area contributed by atoms with Crippen LogP contribution in [0.1, 0.15) is 18.9 Å². The van der Waals surface area contributed by atoms with Gasteiger partial charge in [-0.2, -0.15) is 0 Å². The summed E-state index contributed by atoms with van der Waals surface area (Å²) in [6, 6.07) is 1.44. The Kier molecular flexibility index (Phi) is 2.89. The van der Waals surface area contributed by atoms with E-state index in [-0.39, 0.29) is 17.2 Å². The number of hydrogen-bond donors (Lipinski definition) is 1. The Morgan fingerprint density at radius 3 is 2.53 bits per heavy atom. The highest BCUT2D eigenvalue weighted by atomic mass is 19.2. The second-order valence-electron chi connectivity index (χ2n) is 3.57. The molecule has 17 heavy (non-hydrogen) atoms. The zero-order chi connectivity index (χ0) is 12.6. The van der Waals surface area contributed by atoms with Gasteiger partial charge >= 0.3 is 0 Å². The maximum atomic E-state index is 13.4. The fourth-order valence-electron chi connectivity index (χ4n) is 1.34. The van der Waals surface area contributed by atoms with Gasteiger partial charge in [-0.1, -0.05) is 0 Å². The van der Waals surface area contributed by atoms with Crippen LogP contribution in [0.5, 0.6) is 0 Å². The largest absolute Gasteiger partial charge is 0.439 e. The molecule has 2 rings (SSSR count). The average Bonchev–Trinajstić information content (AvgIpc) is 2.75. The zero-order valence-corrected chi connectivity index (χ0v) is 8.88. The summed E-state index contributed by atoms with van der Waals surface area (Å²) in [4.78, 5) is 3.81. The number of aromatic nitrogens is 1. The SMILES string of the molecule is CC(N)c1ncc(-c2ccc(F)c(F)c2F)o1. The highest BCUT2D eigenvalue weighted by Gasteiger charge is 2.18. The van der Waals surface area contributed by atoms with Crippen molar-refractivity contribution in [2.24, 2.45) is 5.73 Å². The van der Waals surface area contributed by atoms with E-state index in [1.807, 2.05) is 0 Å². The molecule has 0 aliphatic carbocycles. The van der Waals surface area contributed by atoms with Crippen LogP contribution in [0, 0.1) is 17.5 Å². The predicted octanol–water partition coefficient (Wildman–Crippen LogP) is 2.78. The van der Waals surface area contributed by atoms with Crippen molar-refractivity contribution in [2.45, 2.75) is 13.0 Å². The van der Waals surface area contributed by atoms with Gasteiger partial charge in [0.1, 0.15) is 0 Å². The minimum absolute atomic E-state index is 0.00806. The van der Waals surface area contributed by atoms with Gasteiger partial charge in [-0.3, -0.25) is 0 Å². The van der Waals surface area contributed by atoms with E-state index in [0.29, 0.717) is 0 Å². The molecule has 0 fully saturated rings. The van der Waals surface area contributed by atoms with Crippen LogP contribution in [0.4, 0.5) is 13.2 Å². The third kappa shape index (κ3) is 2.03. The van der Waals surface area contributed by atoms with Crippen LogP contribution >= 0.6 is 0 Å². The predicted molar refractivity (Wildman–Crippen MR) is 54.4 cm³/mol. The molecule has 1 atom stereocenters. The van der Waals surface area contributed by atoms with E-state index >= 15 is 0 Å². The minimum atomic E-state index is -1.54. The van der Waals surface area contributed by atoms with Gasteiger partial charge in [0, 0.05) is 0 Å². The summed E-state index contributed by atoms with van der Waals surface area (Å²) in [7, 11) is 0. The van der Waals surface area contributed by atoms with E-state index < -0.39 is 23.5 Å². The molecular weight excluding hydrogens is 233 g/mol. The number of benzene rings is 1. The lowest BCUT2D eigenvalue weighted by Crippen LogP contribution is -2.04. The zero-order valence-electron chi connectivity index (χ0n) is 8.88. The number of rotatable bonds is 2. The van der Waals surface area contributed by atoms with Crippen LogP contribution in [0.2, 0.25) is 0 Å². The number of halogens is 3. The molecule has 2 N–H and O–H groups in total. The van der Waals surface area contributed by atoms with Gasteiger partial charge in [0.05, 0.1) is 17.8 Å². The van der Waals surface area contributed by atoms with E-state index in [2.05, 4.69) is 4.98 Å². The van der Waals surface area contributed by atoms with Crippen LogP contribution in [-0.4, -0.2) is 4.98 Å². The molecule has 0 bridgehead atoms. The molecule has 0 aliphatic rings. The number of oxazole rings is 1. The lowest BCUT2D eigenvalue weighted by atomic mass is 10.1. The Balaban J connectivity index is 2.49. The van der Waals surface area contributed by atoms with Crippen molar-refractivity contribution in [3.05, 3.63) is 41.7 Å². The Bertz CT molecular complexity index is 552. The van der Waals surface area contributed by atoms with Crippen molar-refractivity contribution in [1.29, 1.82) is 0 Å². The van der Waals surface area contributed by atoms with Gasteiger partial charge in [0.25, 0.3) is 0 Å². The Labute approximate surface area is 95.1 Å². The minimum Gasteiger partial charge on any atom is -0.439 e. The van der Waals surface area contributed by atoms with Crippen LogP contribution < -0.4 is 5.73 Å². The highest BCUT2D eigenvalue weighted by molar-refractivity contribution is 5.57. The molecule has 90 valence electrons. The molecule has 1 aromatic heterocycles. The monoisotopic (exact) mass is 242 g/mol. The Morgan fingerprint density at radius 2 is 1.94 bits per heavy atom. The van der Waals surface area contributed by atoms with E-state index in [9.17, 15) is 13.2 Å². The first-order valence-electron chi connectivity index (χ1n) is 4.86. The first-order chi connectivity index (χ1) is 8.00. The van der Waals surface area contributed by atoms with E-state index in [4.69, 9.17) is 10.2 Å². The quantitative estimate of drug-likeness (QED) is 0.824. The molecule has 1 unspecified atom stereocenters. The molecule has 1 aromatic carbocycles. The number of hydrogen-bond acceptors (Lipinski definition) is 3. The van der Waals surface area contributed by atoms with Gasteiger partial charge in [0.2, 0.25) is 5.89 Å². The fourth-order valence-corrected chi connectivity index (χ4v) is 1.34. The maximum Gasteiger partial charge on any atom is 0.211 e. The fraction of sp³-hybridized carbons (Fsp3) is 0.182. The van der Waals surface area contributed by atoms with Gasteiger partial charge in [0.15, 0.2) is 23.2 Å². The van der Waals surface area contributed by atoms with Crippen LogP contribution in [0.3, 0.4) is 0 Å². The molecule has 1 heterocycles. The third-order valence-corrected chi connectivity index (χ3v) is 2.21. The molecule has 0 saturated carbocycles. The summed E-state index contributed by atoms with van der Waals surface area (Å²) in [5.74, 6) is -3.89. The summed E-state index contributed by atoms with van der Waals surface area (Å²) in [5.41, 5.74) is 5.32. The molecule has 2 aromatic rings. The van der Waals surface area contributed by atoms with Gasteiger partial charge < -0.3 is 10.2 Å². The van der Waals surface area contributed by atoms with Gasteiger partial charge in [-0.15, -0.1) is 0 Å². The van der Waals surface area contributed by atoms with Crippen molar-refractivity contribution >= 4 is 0 Å². The van der Waals surface area contributed by atoms with Crippen molar-refractivity contribution in [2.75, 3.05) is 0 Å². The molecule has 0 aliphatic heterocycles. The van der Waals surface area contributed by atoms with Crippen molar-refractivity contribution in [3.8, 4) is 11.3 Å². The summed E-state index contributed by atoms with van der Waals surface area (Å²) in [6.45, 7) is 1.64. The summed E-state index contributed by atoms with van der Waals surface area (Å²) in [5, 5.41) is 0. The Morgan fingerprint density at radius 1 is 1.24 bits per heavy atom. The Hall–Kier alpha value is -1.82. The first kappa shape index (κ1) is 11.7. The molecule has 3 nitrogen and oxygen atoms in total. The van der Waals surface area contributed by atoms with Crippen molar-refractivity contribution < 1.29 is 17.6 Å².